The number of nitrogens with zero attached hydrogens (tertiary/aromatic N) is 1. The molecular weight excluding hydrogens is 302 g/mol. The van der Waals surface area contributed by atoms with E-state index in [0.717, 1.165) is 39.1 Å². The van der Waals surface area contributed by atoms with Gasteiger partial charge in [0.1, 0.15) is 0 Å². The van der Waals surface area contributed by atoms with Crippen LogP contribution in [0.15, 0.2) is 97.2 Å². The van der Waals surface area contributed by atoms with Crippen LogP contribution in [0.4, 0.5) is 0 Å². The Bertz CT molecular complexity index is 974. The van der Waals surface area contributed by atoms with Crippen LogP contribution in [0.25, 0.3) is 33.5 Å². The molecule has 1 heteroatoms. The molecule has 0 amide bonds. The first-order chi connectivity index (χ1) is 12.3. The molecule has 119 valence electrons. The predicted molar refractivity (Wildman–Crippen MR) is 105 cm³/mol. The molecule has 1 heterocycles. The van der Waals surface area contributed by atoms with Crippen molar-refractivity contribution in [3.63, 3.8) is 0 Å². The molecule has 1 nitrogen and oxygen atoms in total. The number of pyridine rings is 1. The van der Waals surface area contributed by atoms with Crippen molar-refractivity contribution in [3.8, 4) is 33.5 Å². The summed E-state index contributed by atoms with van der Waals surface area (Å²) >= 11 is 0. The monoisotopic (exact) mass is 320 g/mol. The lowest BCUT2D eigenvalue weighted by Gasteiger charge is -2.16. The Kier molecular flexibility index (Phi) is 4.14. The molecule has 0 aliphatic carbocycles. The smallest absolute Gasteiger partial charge is 0.0783 e. The van der Waals surface area contributed by atoms with Crippen molar-refractivity contribution in [3.05, 3.63) is 110 Å². The van der Waals surface area contributed by atoms with Crippen LogP contribution >= 0.6 is 0 Å². The minimum atomic E-state index is 0.969. The van der Waals surface area contributed by atoms with Gasteiger partial charge in [0.05, 0.1) is 5.69 Å². The van der Waals surface area contributed by atoms with E-state index in [1.807, 2.05) is 48.7 Å². The highest BCUT2D eigenvalue weighted by Gasteiger charge is 2.15. The maximum atomic E-state index is 4.82. The average Bonchev–Trinajstić information content (AvgIpc) is 2.70. The van der Waals surface area contributed by atoms with E-state index < -0.39 is 0 Å². The van der Waals surface area contributed by atoms with Gasteiger partial charge < -0.3 is 0 Å². The second-order valence-corrected chi connectivity index (χ2v) is 5.97. The van der Waals surface area contributed by atoms with Crippen molar-refractivity contribution in [1.29, 1.82) is 0 Å². The summed E-state index contributed by atoms with van der Waals surface area (Å²) in [6.07, 6.45) is 1.94. The second-order valence-electron chi connectivity index (χ2n) is 5.97. The van der Waals surface area contributed by atoms with E-state index in [1.165, 1.54) is 0 Å². The van der Waals surface area contributed by atoms with Crippen LogP contribution in [0.5, 0.6) is 0 Å². The molecule has 1 aromatic heterocycles. The first-order valence-electron chi connectivity index (χ1n) is 8.36. The summed E-state index contributed by atoms with van der Waals surface area (Å²) in [4.78, 5) is 4.82. The lowest BCUT2D eigenvalue weighted by molar-refractivity contribution is 1.31. The average molecular weight is 320 g/mol. The predicted octanol–water partition coefficient (Wildman–Crippen LogP) is 6.26. The normalized spacial score (nSPS) is 10.6. The van der Waals surface area contributed by atoms with Crippen LogP contribution in [0.2, 0.25) is 0 Å². The zero-order valence-corrected chi connectivity index (χ0v) is 13.9. The fraction of sp³-hybridized carbons (Fsp3) is 0. The second kappa shape index (κ2) is 6.74. The van der Waals surface area contributed by atoms with Crippen molar-refractivity contribution in [2.75, 3.05) is 0 Å². The summed E-state index contributed by atoms with van der Waals surface area (Å²) in [5.41, 5.74) is 7.51. The van der Waals surface area contributed by atoms with Crippen LogP contribution in [-0.4, -0.2) is 4.98 Å². The fourth-order valence-electron chi connectivity index (χ4n) is 3.15. The third kappa shape index (κ3) is 2.97. The summed E-state index contributed by atoms with van der Waals surface area (Å²) in [6, 6.07) is 31.0. The van der Waals surface area contributed by atoms with Gasteiger partial charge in [-0.3, -0.25) is 4.98 Å². The minimum Gasteiger partial charge on any atom is -0.255 e. The molecule has 0 atom stereocenters. The van der Waals surface area contributed by atoms with Crippen molar-refractivity contribution in [2.45, 2.75) is 0 Å². The maximum absolute atomic E-state index is 4.82. The SMILES string of the molecule is [CH2]c1c(-c2ccccc2)cnc(-c2ccccc2)c1-c1ccccc1. The molecule has 0 aliphatic heterocycles. The Morgan fingerprint density at radius 3 is 1.60 bits per heavy atom. The fourth-order valence-corrected chi connectivity index (χ4v) is 3.15. The van der Waals surface area contributed by atoms with Gasteiger partial charge in [-0.05, 0) is 23.6 Å². The molecule has 25 heavy (non-hydrogen) atoms. The van der Waals surface area contributed by atoms with Gasteiger partial charge in [-0.15, -0.1) is 0 Å². The number of hydrogen-bond acceptors (Lipinski definition) is 1. The number of rotatable bonds is 3. The summed E-state index contributed by atoms with van der Waals surface area (Å²) in [6.45, 7) is 4.42. The van der Waals surface area contributed by atoms with Gasteiger partial charge in [-0.25, -0.2) is 0 Å². The van der Waals surface area contributed by atoms with Crippen molar-refractivity contribution >= 4 is 0 Å². The molecule has 0 unspecified atom stereocenters. The van der Waals surface area contributed by atoms with Gasteiger partial charge in [0.15, 0.2) is 0 Å². The molecule has 1 radical (unpaired) electrons. The highest BCUT2D eigenvalue weighted by atomic mass is 14.7. The Hall–Kier alpha value is -3.19. The van der Waals surface area contributed by atoms with Gasteiger partial charge in [0, 0.05) is 22.9 Å². The lowest BCUT2D eigenvalue weighted by Crippen LogP contribution is -1.96. The molecule has 0 spiro atoms. The maximum Gasteiger partial charge on any atom is 0.0783 e. The van der Waals surface area contributed by atoms with E-state index in [2.05, 4.69) is 55.5 Å². The van der Waals surface area contributed by atoms with E-state index in [0.29, 0.717) is 0 Å². The molecule has 4 rings (SSSR count). The first-order valence-corrected chi connectivity index (χ1v) is 8.36. The zero-order chi connectivity index (χ0) is 17.1. The molecule has 0 aliphatic rings. The summed E-state index contributed by atoms with van der Waals surface area (Å²) in [5, 5.41) is 0. The number of benzene rings is 3. The Labute approximate surface area is 148 Å². The highest BCUT2D eigenvalue weighted by Crippen LogP contribution is 2.37. The molecule has 0 saturated carbocycles. The lowest BCUT2D eigenvalue weighted by atomic mass is 9.91. The van der Waals surface area contributed by atoms with Gasteiger partial charge in [0.25, 0.3) is 0 Å². The standard InChI is InChI=1S/C24H18N/c1-18-22(19-11-5-2-6-12-19)17-25-24(21-15-9-4-10-16-21)23(18)20-13-7-3-8-14-20/h2-17H,1H2. The molecule has 0 N–H and O–H groups in total. The van der Waals surface area contributed by atoms with Crippen LogP contribution in [0.3, 0.4) is 0 Å². The van der Waals surface area contributed by atoms with E-state index >= 15 is 0 Å². The Balaban J connectivity index is 2.00. The van der Waals surface area contributed by atoms with E-state index in [4.69, 9.17) is 4.98 Å². The third-order valence-electron chi connectivity index (χ3n) is 4.38. The van der Waals surface area contributed by atoms with Crippen LogP contribution in [-0.2, 0) is 0 Å². The van der Waals surface area contributed by atoms with Gasteiger partial charge >= 0.3 is 0 Å². The number of hydrogen-bond donors (Lipinski definition) is 0. The minimum absolute atomic E-state index is 0.969. The van der Waals surface area contributed by atoms with Gasteiger partial charge in [-0.1, -0.05) is 91.0 Å². The Morgan fingerprint density at radius 1 is 0.560 bits per heavy atom. The summed E-state index contributed by atoms with van der Waals surface area (Å²) < 4.78 is 0. The van der Waals surface area contributed by atoms with Crippen molar-refractivity contribution < 1.29 is 0 Å². The van der Waals surface area contributed by atoms with Crippen LogP contribution in [0.1, 0.15) is 5.56 Å². The van der Waals surface area contributed by atoms with Crippen molar-refractivity contribution in [1.82, 2.24) is 4.98 Å². The van der Waals surface area contributed by atoms with E-state index in [-0.39, 0.29) is 0 Å². The molecule has 0 saturated heterocycles. The van der Waals surface area contributed by atoms with Crippen LogP contribution < -0.4 is 0 Å². The Morgan fingerprint density at radius 2 is 1.04 bits per heavy atom. The zero-order valence-electron chi connectivity index (χ0n) is 13.9. The highest BCUT2D eigenvalue weighted by molar-refractivity contribution is 5.88. The van der Waals surface area contributed by atoms with Gasteiger partial charge in [-0.2, -0.15) is 0 Å². The van der Waals surface area contributed by atoms with Gasteiger partial charge in [0.2, 0.25) is 0 Å². The molecular formula is C24H18N. The van der Waals surface area contributed by atoms with Crippen LogP contribution in [0, 0.1) is 6.92 Å². The molecule has 3 aromatic carbocycles. The summed E-state index contributed by atoms with van der Waals surface area (Å²) in [5.74, 6) is 0. The first kappa shape index (κ1) is 15.3. The summed E-state index contributed by atoms with van der Waals surface area (Å²) in [7, 11) is 0. The van der Waals surface area contributed by atoms with Crippen molar-refractivity contribution in [2.24, 2.45) is 0 Å². The quantitative estimate of drug-likeness (QED) is 0.434. The molecule has 4 aromatic rings. The number of aromatic nitrogens is 1. The van der Waals surface area contributed by atoms with E-state index in [9.17, 15) is 0 Å². The van der Waals surface area contributed by atoms with E-state index in [1.54, 1.807) is 0 Å². The third-order valence-corrected chi connectivity index (χ3v) is 4.38. The molecule has 0 bridgehead atoms. The topological polar surface area (TPSA) is 12.9 Å². The largest absolute Gasteiger partial charge is 0.255 e. The molecule has 0 fully saturated rings.